The molecule has 1 aliphatic rings. The zero-order valence-corrected chi connectivity index (χ0v) is 13.2. The maximum atomic E-state index is 6.52. The standard InChI is InChI=1S/C15H28N4O/c1-5-19-13(10-12(2)17-19)11-14(16)15(3,4)18-6-8-20-9-7-18/h10,14H,5-9,11,16H2,1-4H3. The lowest BCUT2D eigenvalue weighted by Crippen LogP contribution is -2.59. The summed E-state index contributed by atoms with van der Waals surface area (Å²) in [6, 6.07) is 2.24. The first-order valence-electron chi connectivity index (χ1n) is 7.57. The molecule has 1 aromatic heterocycles. The van der Waals surface area contributed by atoms with E-state index >= 15 is 0 Å². The van der Waals surface area contributed by atoms with Crippen LogP contribution in [-0.4, -0.2) is 52.6 Å². The minimum Gasteiger partial charge on any atom is -0.379 e. The van der Waals surface area contributed by atoms with Gasteiger partial charge in [0.15, 0.2) is 0 Å². The van der Waals surface area contributed by atoms with E-state index < -0.39 is 0 Å². The third-order valence-corrected chi connectivity index (χ3v) is 4.45. The molecule has 2 rings (SSSR count). The predicted molar refractivity (Wildman–Crippen MR) is 80.8 cm³/mol. The first-order valence-corrected chi connectivity index (χ1v) is 7.57. The maximum Gasteiger partial charge on any atom is 0.0596 e. The van der Waals surface area contributed by atoms with E-state index in [1.807, 2.05) is 6.92 Å². The van der Waals surface area contributed by atoms with Crippen molar-refractivity contribution in [1.29, 1.82) is 0 Å². The quantitative estimate of drug-likeness (QED) is 0.880. The fourth-order valence-electron chi connectivity index (χ4n) is 2.89. The Hall–Kier alpha value is -0.910. The lowest BCUT2D eigenvalue weighted by atomic mass is 9.89. The minimum atomic E-state index is -0.0273. The summed E-state index contributed by atoms with van der Waals surface area (Å²) in [6.45, 7) is 13.1. The van der Waals surface area contributed by atoms with Gasteiger partial charge in [0.25, 0.3) is 0 Å². The molecule has 0 saturated carbocycles. The van der Waals surface area contributed by atoms with Crippen LogP contribution in [0.4, 0.5) is 0 Å². The van der Waals surface area contributed by atoms with E-state index in [-0.39, 0.29) is 11.6 Å². The van der Waals surface area contributed by atoms with Gasteiger partial charge in [-0.05, 0) is 33.8 Å². The monoisotopic (exact) mass is 280 g/mol. The fraction of sp³-hybridized carbons (Fsp3) is 0.800. The van der Waals surface area contributed by atoms with E-state index in [0.29, 0.717) is 0 Å². The summed E-state index contributed by atoms with van der Waals surface area (Å²) in [5, 5.41) is 4.50. The maximum absolute atomic E-state index is 6.52. The topological polar surface area (TPSA) is 56.3 Å². The van der Waals surface area contributed by atoms with Gasteiger partial charge in [0.05, 0.1) is 18.9 Å². The number of nitrogens with two attached hydrogens (primary N) is 1. The van der Waals surface area contributed by atoms with Gasteiger partial charge in [-0.1, -0.05) is 0 Å². The highest BCUT2D eigenvalue weighted by atomic mass is 16.5. The summed E-state index contributed by atoms with van der Waals surface area (Å²) in [6.07, 6.45) is 0.860. The Morgan fingerprint density at radius 3 is 2.65 bits per heavy atom. The average Bonchev–Trinajstić information content (AvgIpc) is 2.79. The van der Waals surface area contributed by atoms with Crippen LogP contribution in [0.25, 0.3) is 0 Å². The Morgan fingerprint density at radius 2 is 2.05 bits per heavy atom. The van der Waals surface area contributed by atoms with Gasteiger partial charge < -0.3 is 10.5 Å². The molecular formula is C15H28N4O. The molecule has 1 fully saturated rings. The van der Waals surface area contributed by atoms with Gasteiger partial charge in [-0.25, -0.2) is 0 Å². The zero-order chi connectivity index (χ0) is 14.8. The fourth-order valence-corrected chi connectivity index (χ4v) is 2.89. The van der Waals surface area contributed by atoms with Gasteiger partial charge >= 0.3 is 0 Å². The van der Waals surface area contributed by atoms with E-state index in [0.717, 1.165) is 45.0 Å². The van der Waals surface area contributed by atoms with Crippen molar-refractivity contribution in [2.45, 2.75) is 52.2 Å². The molecule has 1 aromatic rings. The Kier molecular flexibility index (Phi) is 4.83. The summed E-state index contributed by atoms with van der Waals surface area (Å²) in [4.78, 5) is 2.45. The van der Waals surface area contributed by atoms with Gasteiger partial charge in [-0.2, -0.15) is 5.10 Å². The van der Waals surface area contributed by atoms with Crippen LogP contribution in [0.5, 0.6) is 0 Å². The number of ether oxygens (including phenoxy) is 1. The molecule has 5 nitrogen and oxygen atoms in total. The Morgan fingerprint density at radius 1 is 1.40 bits per heavy atom. The first-order chi connectivity index (χ1) is 9.45. The highest BCUT2D eigenvalue weighted by molar-refractivity contribution is 5.12. The normalized spacial score (nSPS) is 19.2. The van der Waals surface area contributed by atoms with E-state index in [2.05, 4.69) is 41.5 Å². The zero-order valence-electron chi connectivity index (χ0n) is 13.2. The molecule has 0 spiro atoms. The van der Waals surface area contributed by atoms with Gasteiger partial charge in [-0.15, -0.1) is 0 Å². The molecule has 20 heavy (non-hydrogen) atoms. The van der Waals surface area contributed by atoms with Gasteiger partial charge in [0.2, 0.25) is 0 Å². The molecule has 0 radical (unpaired) electrons. The van der Waals surface area contributed by atoms with Crippen molar-refractivity contribution in [3.8, 4) is 0 Å². The van der Waals surface area contributed by atoms with Crippen LogP contribution in [0.1, 0.15) is 32.2 Å². The second kappa shape index (κ2) is 6.24. The van der Waals surface area contributed by atoms with Crippen LogP contribution in [0, 0.1) is 6.92 Å². The number of aryl methyl sites for hydroxylation is 2. The molecule has 5 heteroatoms. The molecule has 1 atom stereocenters. The molecule has 1 aliphatic heterocycles. The van der Waals surface area contributed by atoms with Crippen LogP contribution in [0.2, 0.25) is 0 Å². The van der Waals surface area contributed by atoms with E-state index in [4.69, 9.17) is 10.5 Å². The summed E-state index contributed by atoms with van der Waals surface area (Å²) in [5.41, 5.74) is 8.80. The Labute approximate surface area is 122 Å². The number of hydrogen-bond acceptors (Lipinski definition) is 4. The van der Waals surface area contributed by atoms with Gasteiger partial charge in [0.1, 0.15) is 0 Å². The van der Waals surface area contributed by atoms with Crippen LogP contribution in [0.15, 0.2) is 6.07 Å². The third-order valence-electron chi connectivity index (χ3n) is 4.45. The molecule has 0 aliphatic carbocycles. The lowest BCUT2D eigenvalue weighted by Gasteiger charge is -2.44. The van der Waals surface area contributed by atoms with Gasteiger partial charge in [-0.3, -0.25) is 9.58 Å². The highest BCUT2D eigenvalue weighted by Gasteiger charge is 2.34. The first kappa shape index (κ1) is 15.5. The van der Waals surface area contributed by atoms with Crippen molar-refractivity contribution >= 4 is 0 Å². The Balaban J connectivity index is 2.07. The summed E-state index contributed by atoms with van der Waals surface area (Å²) >= 11 is 0. The molecule has 0 bridgehead atoms. The van der Waals surface area contributed by atoms with Crippen molar-refractivity contribution in [2.75, 3.05) is 26.3 Å². The van der Waals surface area contributed by atoms with Crippen molar-refractivity contribution in [3.63, 3.8) is 0 Å². The molecule has 0 aromatic carbocycles. The van der Waals surface area contributed by atoms with Gasteiger partial charge in [0, 0.05) is 43.3 Å². The molecule has 1 saturated heterocycles. The number of morpholine rings is 1. The summed E-state index contributed by atoms with van der Waals surface area (Å²) in [7, 11) is 0. The molecular weight excluding hydrogens is 252 g/mol. The van der Waals surface area contributed by atoms with Crippen molar-refractivity contribution in [2.24, 2.45) is 5.73 Å². The second-order valence-electron chi connectivity index (χ2n) is 6.16. The minimum absolute atomic E-state index is 0.0273. The average molecular weight is 280 g/mol. The molecule has 1 unspecified atom stereocenters. The van der Waals surface area contributed by atoms with Crippen molar-refractivity contribution in [3.05, 3.63) is 17.5 Å². The van der Waals surface area contributed by atoms with E-state index in [9.17, 15) is 0 Å². The number of nitrogens with zero attached hydrogens (tertiary/aromatic N) is 3. The number of aromatic nitrogens is 2. The predicted octanol–water partition coefficient (Wildman–Crippen LogP) is 1.19. The Bertz CT molecular complexity index is 435. The van der Waals surface area contributed by atoms with Crippen LogP contribution in [-0.2, 0) is 17.7 Å². The van der Waals surface area contributed by atoms with Crippen molar-refractivity contribution < 1.29 is 4.74 Å². The molecule has 0 amide bonds. The van der Waals surface area contributed by atoms with Crippen molar-refractivity contribution in [1.82, 2.24) is 14.7 Å². The summed E-state index contributed by atoms with van der Waals surface area (Å²) < 4.78 is 7.50. The SMILES string of the molecule is CCn1nc(C)cc1CC(N)C(C)(C)N1CCOCC1. The molecule has 2 heterocycles. The number of rotatable bonds is 5. The molecule has 2 N–H and O–H groups in total. The summed E-state index contributed by atoms with van der Waals surface area (Å²) in [5.74, 6) is 0. The molecule has 114 valence electrons. The van der Waals surface area contributed by atoms with Crippen LogP contribution in [0.3, 0.4) is 0 Å². The lowest BCUT2D eigenvalue weighted by molar-refractivity contribution is -0.0187. The van der Waals surface area contributed by atoms with Crippen LogP contribution < -0.4 is 5.73 Å². The second-order valence-corrected chi connectivity index (χ2v) is 6.16. The number of hydrogen-bond donors (Lipinski definition) is 1. The largest absolute Gasteiger partial charge is 0.379 e. The van der Waals surface area contributed by atoms with E-state index in [1.54, 1.807) is 0 Å². The third kappa shape index (κ3) is 3.22. The van der Waals surface area contributed by atoms with Crippen LogP contribution >= 0.6 is 0 Å². The highest BCUT2D eigenvalue weighted by Crippen LogP contribution is 2.22. The van der Waals surface area contributed by atoms with E-state index in [1.165, 1.54) is 5.69 Å². The smallest absolute Gasteiger partial charge is 0.0596 e.